The molecule has 1 rings (SSSR count). The van der Waals surface area contributed by atoms with Crippen LogP contribution in [-0.4, -0.2) is 31.0 Å². The fourth-order valence-corrected chi connectivity index (χ4v) is 2.89. The molecule has 0 aromatic rings. The number of alkyl halides is 1. The second-order valence-electron chi connectivity index (χ2n) is 5.91. The fourth-order valence-electron chi connectivity index (χ4n) is 2.89. The molecule has 1 N–H and O–H groups in total. The molecule has 0 saturated carbocycles. The number of nitrogens with one attached hydrogen (secondary N) is 1. The van der Waals surface area contributed by atoms with E-state index in [0.29, 0.717) is 5.92 Å². The molecule has 4 atom stereocenters. The highest BCUT2D eigenvalue weighted by atomic mass is 19.1. The number of likely N-dealkylation sites (N-methyl/N-ethyl adjacent to an activating group) is 1. The first-order chi connectivity index (χ1) is 8.36. The molecule has 0 bridgehead atoms. The lowest BCUT2D eigenvalue weighted by molar-refractivity contribution is -0.0218. The van der Waals surface area contributed by atoms with Gasteiger partial charge in [0.05, 0.1) is 12.1 Å². The van der Waals surface area contributed by atoms with Crippen molar-refractivity contribution in [3.8, 4) is 0 Å². The highest BCUT2D eigenvalue weighted by Crippen LogP contribution is 2.41. The molecular weight excluding hydrogens is 229 g/mol. The van der Waals surface area contributed by atoms with Crippen molar-refractivity contribution >= 4 is 0 Å². The Morgan fingerprint density at radius 1 is 1.44 bits per heavy atom. The van der Waals surface area contributed by atoms with E-state index < -0.39 is 11.8 Å². The molecule has 1 fully saturated rings. The summed E-state index contributed by atoms with van der Waals surface area (Å²) in [5, 5.41) is 3.08. The van der Waals surface area contributed by atoms with Gasteiger partial charge >= 0.3 is 0 Å². The molecule has 0 aromatic heterocycles. The number of ether oxygens (including phenoxy) is 1. The molecule has 2 nitrogen and oxygen atoms in total. The van der Waals surface area contributed by atoms with Gasteiger partial charge in [-0.2, -0.15) is 0 Å². The molecule has 0 aromatic carbocycles. The van der Waals surface area contributed by atoms with E-state index in [0.717, 1.165) is 6.42 Å². The Kier molecular flexibility index (Phi) is 5.15. The lowest BCUT2D eigenvalue weighted by atomic mass is 9.83. The van der Waals surface area contributed by atoms with Crippen molar-refractivity contribution in [1.82, 2.24) is 5.32 Å². The van der Waals surface area contributed by atoms with Crippen molar-refractivity contribution in [2.75, 3.05) is 7.05 Å². The zero-order valence-electron chi connectivity index (χ0n) is 12.2. The van der Waals surface area contributed by atoms with Gasteiger partial charge in [-0.15, -0.1) is 5.73 Å². The quantitative estimate of drug-likeness (QED) is 0.762. The fraction of sp³-hybridized carbons (Fsp3) is 0.800. The molecule has 104 valence electrons. The lowest BCUT2D eigenvalue weighted by Crippen LogP contribution is -2.51. The molecule has 18 heavy (non-hydrogen) atoms. The van der Waals surface area contributed by atoms with Gasteiger partial charge in [0.2, 0.25) is 0 Å². The Morgan fingerprint density at radius 2 is 2.06 bits per heavy atom. The average Bonchev–Trinajstić information content (AvgIpc) is 2.50. The van der Waals surface area contributed by atoms with Gasteiger partial charge in [-0.05, 0) is 31.4 Å². The van der Waals surface area contributed by atoms with Crippen LogP contribution in [0.3, 0.4) is 0 Å². The maximum atomic E-state index is 15.2. The molecule has 0 spiro atoms. The Labute approximate surface area is 110 Å². The van der Waals surface area contributed by atoms with Crippen molar-refractivity contribution < 1.29 is 9.13 Å². The van der Waals surface area contributed by atoms with E-state index >= 15 is 4.39 Å². The van der Waals surface area contributed by atoms with E-state index in [1.54, 1.807) is 7.05 Å². The van der Waals surface area contributed by atoms with Crippen LogP contribution < -0.4 is 5.32 Å². The summed E-state index contributed by atoms with van der Waals surface area (Å²) in [4.78, 5) is 0. The Morgan fingerprint density at radius 3 is 2.44 bits per heavy atom. The van der Waals surface area contributed by atoms with Gasteiger partial charge in [0, 0.05) is 0 Å². The molecule has 0 aliphatic carbocycles. The van der Waals surface area contributed by atoms with Crippen LogP contribution in [0.5, 0.6) is 0 Å². The van der Waals surface area contributed by atoms with E-state index in [2.05, 4.69) is 31.5 Å². The molecule has 3 heteroatoms. The maximum absolute atomic E-state index is 15.2. The normalized spacial score (nSPS) is 36.1. The zero-order valence-corrected chi connectivity index (χ0v) is 12.2. The highest BCUT2D eigenvalue weighted by Gasteiger charge is 2.56. The third-order valence-corrected chi connectivity index (χ3v) is 3.55. The van der Waals surface area contributed by atoms with E-state index in [4.69, 9.17) is 4.74 Å². The summed E-state index contributed by atoms with van der Waals surface area (Å²) < 4.78 is 21.2. The van der Waals surface area contributed by atoms with Crippen LogP contribution >= 0.6 is 0 Å². The predicted molar refractivity (Wildman–Crippen MR) is 73.4 cm³/mol. The van der Waals surface area contributed by atoms with Crippen LogP contribution in [0.15, 0.2) is 18.4 Å². The van der Waals surface area contributed by atoms with Gasteiger partial charge < -0.3 is 10.1 Å². The molecular formula is C15H26FNO. The largest absolute Gasteiger partial charge is 0.369 e. The van der Waals surface area contributed by atoms with Crippen LogP contribution in [0, 0.1) is 11.8 Å². The van der Waals surface area contributed by atoms with E-state index in [-0.39, 0.29) is 18.1 Å². The van der Waals surface area contributed by atoms with Crippen molar-refractivity contribution in [3.63, 3.8) is 0 Å². The Hall–Kier alpha value is -0.630. The summed E-state index contributed by atoms with van der Waals surface area (Å²) in [7, 11) is 1.79. The summed E-state index contributed by atoms with van der Waals surface area (Å²) >= 11 is 0. The standard InChI is InChI=1S/C15H26FNO/c1-7-8-15(16)13(17-6)12(9-10(2)3)18-14(15)11(4)5/h8,10-14,17H,1,9H2,2-6H3/t12-,13+,14+,15-/m1/s1. The van der Waals surface area contributed by atoms with Crippen molar-refractivity contribution in [2.24, 2.45) is 11.8 Å². The van der Waals surface area contributed by atoms with Crippen LogP contribution in [0.4, 0.5) is 4.39 Å². The summed E-state index contributed by atoms with van der Waals surface area (Å²) in [5.74, 6) is 0.598. The monoisotopic (exact) mass is 255 g/mol. The van der Waals surface area contributed by atoms with Gasteiger partial charge in [-0.25, -0.2) is 4.39 Å². The van der Waals surface area contributed by atoms with E-state index in [9.17, 15) is 0 Å². The minimum Gasteiger partial charge on any atom is -0.369 e. The van der Waals surface area contributed by atoms with E-state index in [1.165, 1.54) is 6.08 Å². The van der Waals surface area contributed by atoms with Gasteiger partial charge in [0.1, 0.15) is 6.10 Å². The number of rotatable bonds is 5. The SMILES string of the molecule is C=C=C[C@]1(F)[C@H](C(C)C)O[C@H](CC(C)C)[C@@H]1NC. The van der Waals surface area contributed by atoms with Crippen LogP contribution in [0.1, 0.15) is 34.1 Å². The smallest absolute Gasteiger partial charge is 0.180 e. The summed E-state index contributed by atoms with van der Waals surface area (Å²) in [6.07, 6.45) is 1.75. The van der Waals surface area contributed by atoms with Crippen molar-refractivity contribution in [2.45, 2.75) is 58.0 Å². The second-order valence-corrected chi connectivity index (χ2v) is 5.91. The average molecular weight is 255 g/mol. The van der Waals surface area contributed by atoms with Crippen LogP contribution in [0.25, 0.3) is 0 Å². The molecule has 1 aliphatic rings. The molecule has 1 aliphatic heterocycles. The van der Waals surface area contributed by atoms with Crippen molar-refractivity contribution in [1.29, 1.82) is 0 Å². The summed E-state index contributed by atoms with van der Waals surface area (Å²) in [5.41, 5.74) is 1.08. The molecule has 0 unspecified atom stereocenters. The molecule has 0 radical (unpaired) electrons. The van der Waals surface area contributed by atoms with Crippen LogP contribution in [0.2, 0.25) is 0 Å². The first kappa shape index (κ1) is 15.4. The number of hydrogen-bond acceptors (Lipinski definition) is 2. The van der Waals surface area contributed by atoms with Gasteiger partial charge in [0.15, 0.2) is 5.67 Å². The lowest BCUT2D eigenvalue weighted by Gasteiger charge is -2.29. The number of hydrogen-bond donors (Lipinski definition) is 1. The molecule has 0 amide bonds. The van der Waals surface area contributed by atoms with Gasteiger partial charge in [-0.3, -0.25) is 0 Å². The minimum absolute atomic E-state index is 0.100. The Balaban J connectivity index is 3.06. The maximum Gasteiger partial charge on any atom is 0.180 e. The minimum atomic E-state index is -1.52. The zero-order chi connectivity index (χ0) is 13.9. The van der Waals surface area contributed by atoms with E-state index in [1.807, 2.05) is 13.8 Å². The van der Waals surface area contributed by atoms with Gasteiger partial charge in [0.25, 0.3) is 0 Å². The van der Waals surface area contributed by atoms with Crippen LogP contribution in [-0.2, 0) is 4.74 Å². The summed E-state index contributed by atoms with van der Waals surface area (Å²) in [6, 6.07) is -0.332. The third kappa shape index (κ3) is 2.85. The predicted octanol–water partition coefficient (Wildman–Crippen LogP) is 3.09. The molecule has 1 saturated heterocycles. The molecule has 1 heterocycles. The second kappa shape index (κ2) is 6.01. The Bertz CT molecular complexity index is 322. The summed E-state index contributed by atoms with van der Waals surface area (Å²) in [6.45, 7) is 11.7. The first-order valence-electron chi connectivity index (χ1n) is 6.75. The number of halogens is 1. The third-order valence-electron chi connectivity index (χ3n) is 3.55. The highest BCUT2D eigenvalue weighted by molar-refractivity contribution is 5.18. The van der Waals surface area contributed by atoms with Crippen molar-refractivity contribution in [3.05, 3.63) is 18.4 Å². The topological polar surface area (TPSA) is 21.3 Å². The van der Waals surface area contributed by atoms with Gasteiger partial charge in [-0.1, -0.05) is 34.3 Å². The first-order valence-corrected chi connectivity index (χ1v) is 6.75.